The molecule has 6 heteroatoms. The number of nitrogens with zero attached hydrogens (tertiary/aromatic N) is 3. The minimum atomic E-state index is 0.530. The van der Waals surface area contributed by atoms with Crippen LogP contribution in [0.2, 0.25) is 0 Å². The number of nitrogens with one attached hydrogen (secondary N) is 2. The van der Waals surface area contributed by atoms with E-state index in [1.165, 1.54) is 5.56 Å². The van der Waals surface area contributed by atoms with Crippen LogP contribution >= 0.6 is 0 Å². The highest BCUT2D eigenvalue weighted by Gasteiger charge is 2.23. The Labute approximate surface area is 143 Å². The first-order valence-electron chi connectivity index (χ1n) is 8.71. The molecule has 1 fully saturated rings. The molecule has 0 bridgehead atoms. The highest BCUT2D eigenvalue weighted by molar-refractivity contribution is 5.61. The lowest BCUT2D eigenvalue weighted by molar-refractivity contribution is 0.00648. The van der Waals surface area contributed by atoms with Crippen molar-refractivity contribution in [2.75, 3.05) is 32.8 Å². The van der Waals surface area contributed by atoms with Gasteiger partial charge in [0.25, 0.3) is 0 Å². The van der Waals surface area contributed by atoms with Crippen LogP contribution in [0, 0.1) is 5.92 Å². The molecule has 0 aromatic carbocycles. The smallest absolute Gasteiger partial charge is 0.0710 e. The Balaban J connectivity index is 1.58. The second-order valence-electron chi connectivity index (χ2n) is 6.60. The van der Waals surface area contributed by atoms with E-state index in [1.807, 2.05) is 18.5 Å². The predicted molar refractivity (Wildman–Crippen MR) is 94.5 cm³/mol. The van der Waals surface area contributed by atoms with Crippen LogP contribution in [0.25, 0.3) is 11.3 Å². The molecule has 2 aromatic heterocycles. The molecule has 1 saturated heterocycles. The van der Waals surface area contributed by atoms with E-state index in [0.29, 0.717) is 12.0 Å². The standard InChI is InChI=1S/C18H27N5O/c1-14(2)17(23-6-8-24-9-7-23)13-20-11-16-12-21-22-18(16)15-4-3-5-19-10-15/h3-5,10,12,14,17,20H,6-9,11,13H2,1-2H3,(H,21,22)/t17-/m1/s1. The van der Waals surface area contributed by atoms with E-state index in [2.05, 4.69) is 45.3 Å². The summed E-state index contributed by atoms with van der Waals surface area (Å²) in [5.74, 6) is 0.609. The molecular formula is C18H27N5O. The lowest BCUT2D eigenvalue weighted by Gasteiger charge is -2.37. The number of aromatic amines is 1. The van der Waals surface area contributed by atoms with Gasteiger partial charge in [-0.1, -0.05) is 13.8 Å². The number of morpholine rings is 1. The van der Waals surface area contributed by atoms with Gasteiger partial charge in [0.2, 0.25) is 0 Å². The lowest BCUT2D eigenvalue weighted by atomic mass is 10.0. The van der Waals surface area contributed by atoms with Crippen molar-refractivity contribution in [2.24, 2.45) is 5.92 Å². The molecule has 0 unspecified atom stereocenters. The summed E-state index contributed by atoms with van der Waals surface area (Å²) in [5, 5.41) is 10.9. The van der Waals surface area contributed by atoms with Crippen LogP contribution in [0.3, 0.4) is 0 Å². The molecule has 6 nitrogen and oxygen atoms in total. The van der Waals surface area contributed by atoms with Crippen LogP contribution in [0.1, 0.15) is 19.4 Å². The molecule has 1 aliphatic rings. The molecule has 1 atom stereocenters. The molecule has 130 valence electrons. The van der Waals surface area contributed by atoms with Crippen molar-refractivity contribution in [3.8, 4) is 11.3 Å². The van der Waals surface area contributed by atoms with Gasteiger partial charge < -0.3 is 10.1 Å². The topological polar surface area (TPSA) is 66.1 Å². The van der Waals surface area contributed by atoms with Crippen molar-refractivity contribution in [2.45, 2.75) is 26.4 Å². The average Bonchev–Trinajstić information content (AvgIpc) is 3.08. The summed E-state index contributed by atoms with van der Waals surface area (Å²) in [7, 11) is 0. The van der Waals surface area contributed by atoms with Crippen molar-refractivity contribution >= 4 is 0 Å². The van der Waals surface area contributed by atoms with Crippen molar-refractivity contribution in [1.29, 1.82) is 0 Å². The highest BCUT2D eigenvalue weighted by atomic mass is 16.5. The maximum absolute atomic E-state index is 5.48. The number of hydrogen-bond donors (Lipinski definition) is 2. The molecule has 3 rings (SSSR count). The summed E-state index contributed by atoms with van der Waals surface area (Å²) in [4.78, 5) is 6.73. The number of pyridine rings is 1. The molecule has 0 saturated carbocycles. The van der Waals surface area contributed by atoms with E-state index < -0.39 is 0 Å². The van der Waals surface area contributed by atoms with E-state index in [1.54, 1.807) is 6.20 Å². The summed E-state index contributed by atoms with van der Waals surface area (Å²) >= 11 is 0. The normalized spacial score (nSPS) is 17.3. The van der Waals surface area contributed by atoms with Gasteiger partial charge in [0.15, 0.2) is 0 Å². The van der Waals surface area contributed by atoms with Gasteiger partial charge in [-0.2, -0.15) is 5.10 Å². The first-order valence-corrected chi connectivity index (χ1v) is 8.71. The Hall–Kier alpha value is -1.76. The number of H-pyrrole nitrogens is 1. The SMILES string of the molecule is CC(C)[C@@H](CNCc1cn[nH]c1-c1cccnc1)N1CCOCC1. The minimum absolute atomic E-state index is 0.530. The lowest BCUT2D eigenvalue weighted by Crippen LogP contribution is -2.50. The van der Waals surface area contributed by atoms with Crippen LogP contribution in [0.5, 0.6) is 0 Å². The third-order valence-electron chi connectivity index (χ3n) is 4.62. The van der Waals surface area contributed by atoms with Gasteiger partial charge in [-0.15, -0.1) is 0 Å². The minimum Gasteiger partial charge on any atom is -0.379 e. The summed E-state index contributed by atoms with van der Waals surface area (Å²) in [6, 6.07) is 4.53. The quantitative estimate of drug-likeness (QED) is 0.812. The molecule has 3 heterocycles. The zero-order valence-corrected chi connectivity index (χ0v) is 14.5. The number of rotatable bonds is 7. The highest BCUT2D eigenvalue weighted by Crippen LogP contribution is 2.20. The second kappa shape index (κ2) is 8.37. The summed E-state index contributed by atoms with van der Waals surface area (Å²) < 4.78 is 5.48. The van der Waals surface area contributed by atoms with Crippen molar-refractivity contribution in [3.05, 3.63) is 36.3 Å². The summed E-state index contributed by atoms with van der Waals surface area (Å²) in [5.41, 5.74) is 3.29. The third-order valence-corrected chi connectivity index (χ3v) is 4.62. The predicted octanol–water partition coefficient (Wildman–Crippen LogP) is 1.92. The van der Waals surface area contributed by atoms with Crippen molar-refractivity contribution in [3.63, 3.8) is 0 Å². The summed E-state index contributed by atoms with van der Waals surface area (Å²) in [6.45, 7) is 10.1. The number of ether oxygens (including phenoxy) is 1. The van der Waals surface area contributed by atoms with E-state index in [4.69, 9.17) is 4.74 Å². The van der Waals surface area contributed by atoms with Crippen LogP contribution in [0.15, 0.2) is 30.7 Å². The van der Waals surface area contributed by atoms with Gasteiger partial charge in [-0.25, -0.2) is 0 Å². The summed E-state index contributed by atoms with van der Waals surface area (Å²) in [6.07, 6.45) is 5.55. The Morgan fingerprint density at radius 1 is 1.29 bits per heavy atom. The van der Waals surface area contributed by atoms with Crippen LogP contribution < -0.4 is 5.32 Å². The van der Waals surface area contributed by atoms with E-state index >= 15 is 0 Å². The van der Waals surface area contributed by atoms with Gasteiger partial charge >= 0.3 is 0 Å². The number of hydrogen-bond acceptors (Lipinski definition) is 5. The first kappa shape index (κ1) is 17.1. The molecule has 2 N–H and O–H groups in total. The van der Waals surface area contributed by atoms with Crippen LogP contribution in [0.4, 0.5) is 0 Å². The Morgan fingerprint density at radius 3 is 2.83 bits per heavy atom. The van der Waals surface area contributed by atoms with Gasteiger partial charge in [-0.05, 0) is 18.1 Å². The maximum Gasteiger partial charge on any atom is 0.0710 e. The molecular weight excluding hydrogens is 302 g/mol. The first-order chi connectivity index (χ1) is 11.8. The van der Waals surface area contributed by atoms with Crippen molar-refractivity contribution < 1.29 is 4.74 Å². The largest absolute Gasteiger partial charge is 0.379 e. The number of aromatic nitrogens is 3. The van der Waals surface area contributed by atoms with Gasteiger partial charge in [0.05, 0.1) is 25.1 Å². The Morgan fingerprint density at radius 2 is 2.12 bits per heavy atom. The van der Waals surface area contributed by atoms with Gasteiger partial charge in [-0.3, -0.25) is 15.0 Å². The molecule has 0 aliphatic carbocycles. The zero-order valence-electron chi connectivity index (χ0n) is 14.5. The Kier molecular flexibility index (Phi) is 5.96. The molecule has 24 heavy (non-hydrogen) atoms. The maximum atomic E-state index is 5.48. The average molecular weight is 329 g/mol. The fourth-order valence-corrected chi connectivity index (χ4v) is 3.26. The van der Waals surface area contributed by atoms with Crippen LogP contribution in [-0.4, -0.2) is 59.0 Å². The van der Waals surface area contributed by atoms with Crippen LogP contribution in [-0.2, 0) is 11.3 Å². The van der Waals surface area contributed by atoms with Crippen molar-refractivity contribution in [1.82, 2.24) is 25.4 Å². The molecule has 1 aliphatic heterocycles. The third kappa shape index (κ3) is 4.20. The van der Waals surface area contributed by atoms with Gasteiger partial charge in [0.1, 0.15) is 0 Å². The zero-order chi connectivity index (χ0) is 16.8. The van der Waals surface area contributed by atoms with E-state index in [0.717, 1.165) is 50.7 Å². The fourth-order valence-electron chi connectivity index (χ4n) is 3.26. The monoisotopic (exact) mass is 329 g/mol. The van der Waals surface area contributed by atoms with E-state index in [9.17, 15) is 0 Å². The fraction of sp³-hybridized carbons (Fsp3) is 0.556. The molecule has 0 spiro atoms. The Bertz CT molecular complexity index is 607. The molecule has 0 amide bonds. The second-order valence-corrected chi connectivity index (χ2v) is 6.60. The molecule has 2 aromatic rings. The van der Waals surface area contributed by atoms with Gasteiger partial charge in [0, 0.05) is 55.7 Å². The van der Waals surface area contributed by atoms with E-state index in [-0.39, 0.29) is 0 Å². The molecule has 0 radical (unpaired) electrons.